The molecule has 3 rings (SSSR count). The number of fused-ring (bicyclic) bond motifs is 2. The lowest BCUT2D eigenvalue weighted by Gasteiger charge is -1.89. The molecule has 13 heavy (non-hydrogen) atoms. The molecule has 0 saturated heterocycles. The van der Waals surface area contributed by atoms with Crippen molar-refractivity contribution in [3.8, 4) is 0 Å². The lowest BCUT2D eigenvalue weighted by atomic mass is 10.3. The smallest absolute Gasteiger partial charge is 0.404 e. The predicted molar refractivity (Wildman–Crippen MR) is 44.5 cm³/mol. The minimum absolute atomic E-state index is 0.395. The zero-order valence-electron chi connectivity index (χ0n) is 6.52. The predicted octanol–water partition coefficient (Wildman–Crippen LogP) is -0.0233. The van der Waals surface area contributed by atoms with E-state index >= 15 is 0 Å². The molecule has 0 aliphatic carbocycles. The second kappa shape index (κ2) is 2.04. The van der Waals surface area contributed by atoms with Gasteiger partial charge in [-0.1, -0.05) is 12.1 Å². The Hall–Kier alpha value is -1.97. The second-order valence-corrected chi connectivity index (χ2v) is 2.76. The van der Waals surface area contributed by atoms with Crippen LogP contribution >= 0.6 is 0 Å². The number of ether oxygens (including phenoxy) is 1. The van der Waals surface area contributed by atoms with Crippen molar-refractivity contribution in [2.45, 2.75) is 0 Å². The fourth-order valence-corrected chi connectivity index (χ4v) is 1.42. The number of carbonyl (C=O) groups is 1. The Bertz CT molecular complexity index is 557. The van der Waals surface area contributed by atoms with Crippen molar-refractivity contribution in [1.29, 1.82) is 0 Å². The number of benzene rings is 1. The van der Waals surface area contributed by atoms with Gasteiger partial charge in [0.15, 0.2) is 5.76 Å². The van der Waals surface area contributed by atoms with E-state index in [1.165, 1.54) is 0 Å². The topological polar surface area (TPSA) is 51.0 Å². The molecule has 0 N–H and O–H groups in total. The van der Waals surface area contributed by atoms with Crippen LogP contribution in [0.5, 0.6) is 0 Å². The average Bonchev–Trinajstić information content (AvgIpc) is 2.60. The maximum absolute atomic E-state index is 10.8. The van der Waals surface area contributed by atoms with Gasteiger partial charge in [-0.25, -0.2) is 9.79 Å². The van der Waals surface area contributed by atoms with Crippen LogP contribution in [0.4, 0.5) is 4.79 Å². The summed E-state index contributed by atoms with van der Waals surface area (Å²) >= 11 is 0. The number of para-hydroxylation sites is 1. The molecule has 0 radical (unpaired) electrons. The van der Waals surface area contributed by atoms with E-state index in [0.717, 1.165) is 10.6 Å². The fourth-order valence-electron chi connectivity index (χ4n) is 1.42. The average molecular weight is 172 g/mol. The third-order valence-electron chi connectivity index (χ3n) is 1.96. The maximum atomic E-state index is 10.8. The van der Waals surface area contributed by atoms with Gasteiger partial charge in [-0.2, -0.15) is 4.99 Å². The summed E-state index contributed by atoms with van der Waals surface area (Å²) in [7, 11) is 0. The summed E-state index contributed by atoms with van der Waals surface area (Å²) in [6.07, 6.45) is -0.580. The van der Waals surface area contributed by atoms with Crippen molar-refractivity contribution in [3.05, 3.63) is 34.8 Å². The van der Waals surface area contributed by atoms with Crippen LogP contribution in [0, 0.1) is 0 Å². The molecule has 0 spiro atoms. The van der Waals surface area contributed by atoms with Crippen LogP contribution in [0.3, 0.4) is 0 Å². The maximum Gasteiger partial charge on any atom is 0.441 e. The number of amides is 1. The first-order valence-electron chi connectivity index (χ1n) is 3.83. The van der Waals surface area contributed by atoms with Gasteiger partial charge < -0.3 is 4.74 Å². The van der Waals surface area contributed by atoms with Crippen molar-refractivity contribution in [2.24, 2.45) is 9.98 Å². The van der Waals surface area contributed by atoms with Gasteiger partial charge in [0.05, 0.1) is 5.36 Å². The molecule has 1 aromatic rings. The number of carbonyl (C=O) groups excluding carboxylic acids is 1. The van der Waals surface area contributed by atoms with E-state index in [4.69, 9.17) is 4.74 Å². The molecule has 4 nitrogen and oxygen atoms in total. The van der Waals surface area contributed by atoms with Gasteiger partial charge >= 0.3 is 6.09 Å². The molecule has 0 fully saturated rings. The number of rotatable bonds is 0. The van der Waals surface area contributed by atoms with Crippen LogP contribution in [0.1, 0.15) is 0 Å². The van der Waals surface area contributed by atoms with Gasteiger partial charge in [0.25, 0.3) is 0 Å². The minimum Gasteiger partial charge on any atom is -0.404 e. The van der Waals surface area contributed by atoms with Gasteiger partial charge in [0.1, 0.15) is 0 Å². The van der Waals surface area contributed by atoms with Crippen LogP contribution in [-0.2, 0) is 4.74 Å². The van der Waals surface area contributed by atoms with Crippen LogP contribution in [0.25, 0.3) is 5.76 Å². The number of hydrogen-bond acceptors (Lipinski definition) is 3. The number of nitrogens with zero attached hydrogens (tertiary/aromatic N) is 2. The molecule has 0 saturated carbocycles. The Morgan fingerprint density at radius 3 is 2.92 bits per heavy atom. The van der Waals surface area contributed by atoms with Crippen LogP contribution in [-0.4, -0.2) is 11.9 Å². The van der Waals surface area contributed by atoms with Gasteiger partial charge in [-0.05, 0) is 12.1 Å². The summed E-state index contributed by atoms with van der Waals surface area (Å²) < 4.78 is 4.89. The third kappa shape index (κ3) is 0.767. The highest BCUT2D eigenvalue weighted by Crippen LogP contribution is 2.13. The van der Waals surface area contributed by atoms with Crippen molar-refractivity contribution < 1.29 is 9.53 Å². The Kier molecular flexibility index (Phi) is 1.02. The second-order valence-electron chi connectivity index (χ2n) is 2.76. The molecule has 1 aromatic carbocycles. The SMILES string of the molecule is O=C1N=C2N=c3ccccc3=C2O1. The van der Waals surface area contributed by atoms with E-state index < -0.39 is 6.09 Å². The highest BCUT2D eigenvalue weighted by molar-refractivity contribution is 6.24. The van der Waals surface area contributed by atoms with E-state index in [-0.39, 0.29) is 0 Å². The third-order valence-corrected chi connectivity index (χ3v) is 1.96. The Morgan fingerprint density at radius 2 is 2.00 bits per heavy atom. The van der Waals surface area contributed by atoms with Crippen LogP contribution < -0.4 is 10.6 Å². The number of aliphatic imine (C=N–C) groups is 1. The molecule has 0 aromatic heterocycles. The molecule has 2 aliphatic heterocycles. The molecule has 0 unspecified atom stereocenters. The quantitative estimate of drug-likeness (QED) is 0.552. The molecule has 1 amide bonds. The van der Waals surface area contributed by atoms with E-state index in [1.54, 1.807) is 0 Å². The molecule has 2 heterocycles. The zero-order valence-corrected chi connectivity index (χ0v) is 6.52. The molecular formula is C9H4N2O2. The summed E-state index contributed by atoms with van der Waals surface area (Å²) in [6, 6.07) is 7.47. The van der Waals surface area contributed by atoms with Crippen molar-refractivity contribution in [2.75, 3.05) is 0 Å². The number of hydrogen-bond donors (Lipinski definition) is 0. The highest BCUT2D eigenvalue weighted by atomic mass is 16.6. The van der Waals surface area contributed by atoms with Crippen molar-refractivity contribution in [1.82, 2.24) is 0 Å². The summed E-state index contributed by atoms with van der Waals surface area (Å²) in [5, 5.41) is 1.65. The molecular weight excluding hydrogens is 168 g/mol. The number of amidine groups is 1. The van der Waals surface area contributed by atoms with Gasteiger partial charge in [0.2, 0.25) is 5.84 Å². The van der Waals surface area contributed by atoms with Crippen molar-refractivity contribution >= 4 is 17.7 Å². The van der Waals surface area contributed by atoms with E-state index in [9.17, 15) is 4.79 Å². The minimum atomic E-state index is -0.580. The first-order valence-corrected chi connectivity index (χ1v) is 3.83. The largest absolute Gasteiger partial charge is 0.441 e. The summed E-state index contributed by atoms with van der Waals surface area (Å²) in [5.74, 6) is 0.881. The first kappa shape index (κ1) is 6.54. The molecule has 0 bridgehead atoms. The molecule has 0 atom stereocenters. The van der Waals surface area contributed by atoms with E-state index in [2.05, 4.69) is 9.98 Å². The Morgan fingerprint density at radius 1 is 1.15 bits per heavy atom. The van der Waals surface area contributed by atoms with Crippen LogP contribution in [0.15, 0.2) is 34.3 Å². The van der Waals surface area contributed by atoms with E-state index in [1.807, 2.05) is 24.3 Å². The molecule has 62 valence electrons. The van der Waals surface area contributed by atoms with Crippen molar-refractivity contribution in [3.63, 3.8) is 0 Å². The highest BCUT2D eigenvalue weighted by Gasteiger charge is 2.26. The summed E-state index contributed by atoms with van der Waals surface area (Å²) in [4.78, 5) is 18.5. The first-order chi connectivity index (χ1) is 6.34. The van der Waals surface area contributed by atoms with E-state index in [0.29, 0.717) is 11.6 Å². The lowest BCUT2D eigenvalue weighted by Crippen LogP contribution is -2.22. The lowest BCUT2D eigenvalue weighted by molar-refractivity contribution is 0.207. The standard InChI is InChI=1S/C9H4N2O2/c12-9-11-8-7(13-9)5-3-1-2-4-6(5)10-8/h1-4H. The molecule has 2 aliphatic rings. The normalized spacial score (nSPS) is 17.4. The van der Waals surface area contributed by atoms with Gasteiger partial charge in [-0.15, -0.1) is 0 Å². The Labute approximate surface area is 72.9 Å². The fraction of sp³-hybridized carbons (Fsp3) is 0. The Balaban J connectivity index is 2.47. The molecule has 4 heteroatoms. The van der Waals surface area contributed by atoms with Gasteiger partial charge in [0, 0.05) is 5.22 Å². The zero-order chi connectivity index (χ0) is 8.84. The summed E-state index contributed by atoms with van der Waals surface area (Å²) in [6.45, 7) is 0. The van der Waals surface area contributed by atoms with Gasteiger partial charge in [-0.3, -0.25) is 0 Å². The summed E-state index contributed by atoms with van der Waals surface area (Å²) in [5.41, 5.74) is 0. The van der Waals surface area contributed by atoms with Crippen LogP contribution in [0.2, 0.25) is 0 Å². The monoisotopic (exact) mass is 172 g/mol.